The third-order valence-corrected chi connectivity index (χ3v) is 5.52. The van der Waals surface area contributed by atoms with E-state index in [4.69, 9.17) is 23.2 Å². The highest BCUT2D eigenvalue weighted by atomic mass is 35.5. The summed E-state index contributed by atoms with van der Waals surface area (Å²) in [5.41, 5.74) is 1.66. The van der Waals surface area contributed by atoms with Crippen LogP contribution in [0.3, 0.4) is 0 Å². The van der Waals surface area contributed by atoms with Crippen molar-refractivity contribution in [2.24, 2.45) is 0 Å². The largest absolute Gasteiger partial charge is 0.368 e. The molecule has 1 aliphatic rings. The predicted molar refractivity (Wildman–Crippen MR) is 113 cm³/mol. The minimum atomic E-state index is -0.0782. The van der Waals surface area contributed by atoms with Gasteiger partial charge in [-0.1, -0.05) is 29.3 Å². The Labute approximate surface area is 172 Å². The summed E-state index contributed by atoms with van der Waals surface area (Å²) in [6, 6.07) is 14.4. The van der Waals surface area contributed by atoms with E-state index < -0.39 is 0 Å². The zero-order chi connectivity index (χ0) is 19.7. The SMILES string of the molecule is O=C(Cn1ccc(=O)c2ccc(Cl)cc21)N1CCN(c2cccc(Cl)c2)CC1. The lowest BCUT2D eigenvalue weighted by Crippen LogP contribution is -2.49. The van der Waals surface area contributed by atoms with E-state index in [0.29, 0.717) is 34.0 Å². The van der Waals surface area contributed by atoms with Crippen LogP contribution in [0.4, 0.5) is 5.69 Å². The fraction of sp³-hybridized carbons (Fsp3) is 0.238. The first kappa shape index (κ1) is 18.8. The van der Waals surface area contributed by atoms with Gasteiger partial charge >= 0.3 is 0 Å². The number of anilines is 1. The number of benzene rings is 2. The number of aromatic nitrogens is 1. The van der Waals surface area contributed by atoms with E-state index in [0.717, 1.165) is 18.8 Å². The van der Waals surface area contributed by atoms with Crippen LogP contribution in [-0.4, -0.2) is 41.6 Å². The van der Waals surface area contributed by atoms with Crippen LogP contribution >= 0.6 is 23.2 Å². The molecular weight excluding hydrogens is 397 g/mol. The zero-order valence-electron chi connectivity index (χ0n) is 15.1. The van der Waals surface area contributed by atoms with E-state index in [9.17, 15) is 9.59 Å². The van der Waals surface area contributed by atoms with Crippen molar-refractivity contribution in [2.75, 3.05) is 31.1 Å². The monoisotopic (exact) mass is 415 g/mol. The maximum absolute atomic E-state index is 12.8. The van der Waals surface area contributed by atoms with Crippen molar-refractivity contribution < 1.29 is 4.79 Å². The number of rotatable bonds is 3. The molecule has 0 saturated carbocycles. The molecule has 0 spiro atoms. The molecule has 0 bridgehead atoms. The summed E-state index contributed by atoms with van der Waals surface area (Å²) in [5.74, 6) is 0.0238. The van der Waals surface area contributed by atoms with Crippen LogP contribution in [0.2, 0.25) is 10.0 Å². The third-order valence-electron chi connectivity index (χ3n) is 5.05. The highest BCUT2D eigenvalue weighted by Gasteiger charge is 2.22. The number of piperazine rings is 1. The summed E-state index contributed by atoms with van der Waals surface area (Å²) in [4.78, 5) is 29.0. The predicted octanol–water partition coefficient (Wildman–Crippen LogP) is 3.66. The van der Waals surface area contributed by atoms with Crippen LogP contribution in [0.15, 0.2) is 59.5 Å². The lowest BCUT2D eigenvalue weighted by molar-refractivity contribution is -0.132. The summed E-state index contributed by atoms with van der Waals surface area (Å²) in [5, 5.41) is 1.81. The molecule has 28 heavy (non-hydrogen) atoms. The topological polar surface area (TPSA) is 45.6 Å². The van der Waals surface area contributed by atoms with Crippen molar-refractivity contribution >= 4 is 45.7 Å². The molecule has 5 nitrogen and oxygen atoms in total. The Kier molecular flexibility index (Phi) is 5.29. The number of nitrogens with zero attached hydrogens (tertiary/aromatic N) is 3. The number of amides is 1. The molecule has 4 rings (SSSR count). The second kappa shape index (κ2) is 7.86. The average molecular weight is 416 g/mol. The van der Waals surface area contributed by atoms with Gasteiger partial charge in [0.1, 0.15) is 6.54 Å². The molecule has 0 aliphatic carbocycles. The molecule has 1 amide bonds. The van der Waals surface area contributed by atoms with Gasteiger partial charge in [-0.2, -0.15) is 0 Å². The zero-order valence-corrected chi connectivity index (χ0v) is 16.7. The molecule has 3 aromatic rings. The van der Waals surface area contributed by atoms with E-state index in [1.807, 2.05) is 29.2 Å². The van der Waals surface area contributed by atoms with Crippen LogP contribution in [0.1, 0.15) is 0 Å². The quantitative estimate of drug-likeness (QED) is 0.655. The molecule has 0 N–H and O–H groups in total. The van der Waals surface area contributed by atoms with Gasteiger partial charge in [0.2, 0.25) is 5.91 Å². The van der Waals surface area contributed by atoms with Crippen molar-refractivity contribution in [3.05, 3.63) is 75.0 Å². The first-order chi connectivity index (χ1) is 13.5. The van der Waals surface area contributed by atoms with Gasteiger partial charge in [-0.15, -0.1) is 0 Å². The number of hydrogen-bond donors (Lipinski definition) is 0. The lowest BCUT2D eigenvalue weighted by Gasteiger charge is -2.36. The van der Waals surface area contributed by atoms with Crippen molar-refractivity contribution in [3.63, 3.8) is 0 Å². The highest BCUT2D eigenvalue weighted by Crippen LogP contribution is 2.21. The van der Waals surface area contributed by atoms with E-state index >= 15 is 0 Å². The van der Waals surface area contributed by atoms with E-state index in [2.05, 4.69) is 4.90 Å². The van der Waals surface area contributed by atoms with Gasteiger partial charge in [0, 0.05) is 59.6 Å². The summed E-state index contributed by atoms with van der Waals surface area (Å²) in [7, 11) is 0. The van der Waals surface area contributed by atoms with Gasteiger partial charge in [-0.3, -0.25) is 9.59 Å². The van der Waals surface area contributed by atoms with E-state index in [1.54, 1.807) is 29.0 Å². The summed E-state index contributed by atoms with van der Waals surface area (Å²) in [6.45, 7) is 2.97. The van der Waals surface area contributed by atoms with Crippen LogP contribution < -0.4 is 10.3 Å². The number of carbonyl (C=O) groups is 1. The maximum Gasteiger partial charge on any atom is 0.242 e. The second-order valence-corrected chi connectivity index (χ2v) is 7.69. The van der Waals surface area contributed by atoms with Crippen LogP contribution in [0.5, 0.6) is 0 Å². The van der Waals surface area contributed by atoms with Gasteiger partial charge < -0.3 is 14.4 Å². The normalized spacial score (nSPS) is 14.5. The molecule has 1 fully saturated rings. The molecule has 0 atom stereocenters. The van der Waals surface area contributed by atoms with Crippen molar-refractivity contribution in [1.82, 2.24) is 9.47 Å². The van der Waals surface area contributed by atoms with Crippen molar-refractivity contribution in [3.8, 4) is 0 Å². The number of hydrogen-bond acceptors (Lipinski definition) is 3. The molecular formula is C21H19Cl2N3O2. The fourth-order valence-corrected chi connectivity index (χ4v) is 3.90. The molecule has 0 radical (unpaired) electrons. The Morgan fingerprint density at radius 2 is 1.68 bits per heavy atom. The number of pyridine rings is 1. The van der Waals surface area contributed by atoms with Crippen LogP contribution in [0, 0.1) is 0 Å². The molecule has 0 unspecified atom stereocenters. The smallest absolute Gasteiger partial charge is 0.242 e. The third kappa shape index (κ3) is 3.86. The fourth-order valence-electron chi connectivity index (χ4n) is 3.55. The average Bonchev–Trinajstić information content (AvgIpc) is 2.70. The molecule has 2 heterocycles. The molecule has 1 aromatic heterocycles. The molecule has 1 saturated heterocycles. The van der Waals surface area contributed by atoms with Gasteiger partial charge in [0.25, 0.3) is 0 Å². The van der Waals surface area contributed by atoms with Gasteiger partial charge in [0.05, 0.1) is 5.52 Å². The minimum absolute atomic E-state index is 0.0238. The number of carbonyl (C=O) groups excluding carboxylic acids is 1. The molecule has 2 aromatic carbocycles. The Morgan fingerprint density at radius 3 is 2.43 bits per heavy atom. The first-order valence-corrected chi connectivity index (χ1v) is 9.84. The van der Waals surface area contributed by atoms with Crippen LogP contribution in [0.25, 0.3) is 10.9 Å². The van der Waals surface area contributed by atoms with E-state index in [-0.39, 0.29) is 17.9 Å². The maximum atomic E-state index is 12.8. The standard InChI is InChI=1S/C21H19Cl2N3O2/c22-15-2-1-3-17(12-15)24-8-10-25(11-9-24)21(28)14-26-7-6-20(27)18-5-4-16(23)13-19(18)26/h1-7,12-13H,8-11,14H2. The molecule has 1 aliphatic heterocycles. The summed E-state index contributed by atoms with van der Waals surface area (Å²) < 4.78 is 1.79. The van der Waals surface area contributed by atoms with Gasteiger partial charge in [-0.05, 0) is 36.4 Å². The summed E-state index contributed by atoms with van der Waals surface area (Å²) in [6.07, 6.45) is 1.65. The Bertz CT molecular complexity index is 1090. The minimum Gasteiger partial charge on any atom is -0.368 e. The Hall–Kier alpha value is -2.50. The number of halogens is 2. The van der Waals surface area contributed by atoms with Gasteiger partial charge in [-0.25, -0.2) is 0 Å². The Morgan fingerprint density at radius 1 is 0.929 bits per heavy atom. The van der Waals surface area contributed by atoms with Crippen LogP contribution in [-0.2, 0) is 11.3 Å². The highest BCUT2D eigenvalue weighted by molar-refractivity contribution is 6.31. The van der Waals surface area contributed by atoms with E-state index in [1.165, 1.54) is 6.07 Å². The van der Waals surface area contributed by atoms with Crippen molar-refractivity contribution in [1.29, 1.82) is 0 Å². The second-order valence-electron chi connectivity index (χ2n) is 6.82. The molecule has 7 heteroatoms. The molecule has 144 valence electrons. The Balaban J connectivity index is 1.47. The first-order valence-electron chi connectivity index (χ1n) is 9.08. The lowest BCUT2D eigenvalue weighted by atomic mass is 10.2. The number of fused-ring (bicyclic) bond motifs is 1. The van der Waals surface area contributed by atoms with Crippen molar-refractivity contribution in [2.45, 2.75) is 6.54 Å². The van der Waals surface area contributed by atoms with Gasteiger partial charge in [0.15, 0.2) is 5.43 Å². The summed E-state index contributed by atoms with van der Waals surface area (Å²) >= 11 is 12.2.